The van der Waals surface area contributed by atoms with Crippen LogP contribution in [0.25, 0.3) is 0 Å². The van der Waals surface area contributed by atoms with Crippen molar-refractivity contribution in [1.82, 2.24) is 15.5 Å². The molecule has 1 heterocycles. The number of amides is 1. The summed E-state index contributed by atoms with van der Waals surface area (Å²) in [4.78, 5) is 14.5. The molecule has 0 bridgehead atoms. The van der Waals surface area contributed by atoms with Crippen molar-refractivity contribution in [2.45, 2.75) is 39.8 Å². The molecule has 1 aromatic carbocycles. The molecule has 2 rings (SSSR count). The van der Waals surface area contributed by atoms with E-state index in [1.807, 2.05) is 6.07 Å². The van der Waals surface area contributed by atoms with Gasteiger partial charge < -0.3 is 10.6 Å². The van der Waals surface area contributed by atoms with E-state index in [4.69, 9.17) is 0 Å². The quantitative estimate of drug-likeness (QED) is 0.773. The van der Waals surface area contributed by atoms with Crippen molar-refractivity contribution in [2.75, 3.05) is 26.2 Å². The van der Waals surface area contributed by atoms with Crippen LogP contribution in [0.1, 0.15) is 37.8 Å². The summed E-state index contributed by atoms with van der Waals surface area (Å²) in [7, 11) is 0. The average Bonchev–Trinajstić information content (AvgIpc) is 3.04. The van der Waals surface area contributed by atoms with Crippen molar-refractivity contribution < 1.29 is 4.79 Å². The molecule has 1 unspecified atom stereocenters. The fourth-order valence-corrected chi connectivity index (χ4v) is 2.99. The highest BCUT2D eigenvalue weighted by molar-refractivity contribution is 5.76. The largest absolute Gasteiger partial charge is 0.352 e. The van der Waals surface area contributed by atoms with Gasteiger partial charge >= 0.3 is 0 Å². The lowest BCUT2D eigenvalue weighted by molar-refractivity contribution is -0.122. The molecule has 1 saturated heterocycles. The van der Waals surface area contributed by atoms with Crippen LogP contribution >= 0.6 is 0 Å². The van der Waals surface area contributed by atoms with Gasteiger partial charge in [0, 0.05) is 19.5 Å². The highest BCUT2D eigenvalue weighted by Crippen LogP contribution is 2.14. The molecule has 0 spiro atoms. The second-order valence-corrected chi connectivity index (χ2v) is 6.07. The molecule has 1 fully saturated rings. The Balaban J connectivity index is 1.87. The first kappa shape index (κ1) is 17.0. The lowest BCUT2D eigenvalue weighted by atomic mass is 10.0. The number of carbonyl (C=O) groups excluding carboxylic acids is 1. The molecule has 0 aromatic heterocycles. The van der Waals surface area contributed by atoms with E-state index in [0.717, 1.165) is 39.1 Å². The van der Waals surface area contributed by atoms with Crippen LogP contribution in [0.2, 0.25) is 0 Å². The van der Waals surface area contributed by atoms with Crippen LogP contribution in [0.3, 0.4) is 0 Å². The Morgan fingerprint density at radius 3 is 2.64 bits per heavy atom. The molecular formula is C18H29N3O. The molecule has 22 heavy (non-hydrogen) atoms. The smallest absolute Gasteiger partial charge is 0.220 e. The third-order valence-electron chi connectivity index (χ3n) is 4.52. The summed E-state index contributed by atoms with van der Waals surface area (Å²) in [6.45, 7) is 10.1. The van der Waals surface area contributed by atoms with E-state index >= 15 is 0 Å². The Morgan fingerprint density at radius 1 is 1.27 bits per heavy atom. The zero-order chi connectivity index (χ0) is 15.8. The second-order valence-electron chi connectivity index (χ2n) is 6.07. The number of benzene rings is 1. The molecule has 0 radical (unpaired) electrons. The summed E-state index contributed by atoms with van der Waals surface area (Å²) >= 11 is 0. The van der Waals surface area contributed by atoms with Gasteiger partial charge in [-0.15, -0.1) is 0 Å². The standard InChI is InChI=1S/C18H29N3O/c1-3-21(4-2)14-17-8-6-5-7-16(17)13-20-18(22)11-15-9-10-19-12-15/h5-8,15,19H,3-4,9-14H2,1-2H3,(H,20,22). The summed E-state index contributed by atoms with van der Waals surface area (Å²) in [5.41, 5.74) is 2.54. The molecule has 4 nitrogen and oxygen atoms in total. The molecule has 1 amide bonds. The predicted octanol–water partition coefficient (Wildman–Crippen LogP) is 2.14. The summed E-state index contributed by atoms with van der Waals surface area (Å²) in [5, 5.41) is 6.40. The van der Waals surface area contributed by atoms with E-state index in [-0.39, 0.29) is 5.91 Å². The lowest BCUT2D eigenvalue weighted by Gasteiger charge is -2.20. The molecule has 4 heteroatoms. The third kappa shape index (κ3) is 5.11. The van der Waals surface area contributed by atoms with Gasteiger partial charge in [-0.2, -0.15) is 0 Å². The highest BCUT2D eigenvalue weighted by atomic mass is 16.1. The van der Waals surface area contributed by atoms with Gasteiger partial charge in [0.05, 0.1) is 0 Å². The van der Waals surface area contributed by atoms with Crippen LogP contribution in [0, 0.1) is 5.92 Å². The fourth-order valence-electron chi connectivity index (χ4n) is 2.99. The van der Waals surface area contributed by atoms with Gasteiger partial charge in [0.1, 0.15) is 0 Å². The average molecular weight is 303 g/mol. The molecular weight excluding hydrogens is 274 g/mol. The van der Waals surface area contributed by atoms with Crippen molar-refractivity contribution >= 4 is 5.91 Å². The van der Waals surface area contributed by atoms with Crippen LogP contribution in [-0.4, -0.2) is 37.0 Å². The molecule has 1 aliphatic heterocycles. The highest BCUT2D eigenvalue weighted by Gasteiger charge is 2.18. The first-order valence-corrected chi connectivity index (χ1v) is 8.49. The van der Waals surface area contributed by atoms with Crippen LogP contribution in [0.4, 0.5) is 0 Å². The minimum Gasteiger partial charge on any atom is -0.352 e. The van der Waals surface area contributed by atoms with E-state index in [0.29, 0.717) is 18.9 Å². The molecule has 0 saturated carbocycles. The van der Waals surface area contributed by atoms with Gasteiger partial charge in [-0.05, 0) is 49.6 Å². The van der Waals surface area contributed by atoms with Crippen molar-refractivity contribution in [3.8, 4) is 0 Å². The van der Waals surface area contributed by atoms with Gasteiger partial charge in [0.15, 0.2) is 0 Å². The summed E-state index contributed by atoms with van der Waals surface area (Å²) in [5.74, 6) is 0.678. The number of carbonyl (C=O) groups is 1. The Hall–Kier alpha value is -1.39. The van der Waals surface area contributed by atoms with Crippen molar-refractivity contribution in [3.63, 3.8) is 0 Å². The summed E-state index contributed by atoms with van der Waals surface area (Å²) in [6, 6.07) is 8.42. The minimum absolute atomic E-state index is 0.173. The number of nitrogens with zero attached hydrogens (tertiary/aromatic N) is 1. The molecule has 1 atom stereocenters. The Bertz CT molecular complexity index is 465. The van der Waals surface area contributed by atoms with Gasteiger partial charge in [-0.3, -0.25) is 9.69 Å². The van der Waals surface area contributed by atoms with Crippen LogP contribution in [0.5, 0.6) is 0 Å². The maximum absolute atomic E-state index is 12.1. The molecule has 1 aliphatic rings. The molecule has 1 aromatic rings. The first-order chi connectivity index (χ1) is 10.7. The Kier molecular flexibility index (Phi) is 6.87. The Morgan fingerprint density at radius 2 is 2.00 bits per heavy atom. The van der Waals surface area contributed by atoms with Gasteiger partial charge in [0.2, 0.25) is 5.91 Å². The number of hydrogen-bond acceptors (Lipinski definition) is 3. The molecule has 0 aliphatic carbocycles. The number of hydrogen-bond donors (Lipinski definition) is 2. The van der Waals surface area contributed by atoms with Gasteiger partial charge in [-0.1, -0.05) is 38.1 Å². The summed E-state index contributed by atoms with van der Waals surface area (Å²) in [6.07, 6.45) is 1.76. The van der Waals surface area contributed by atoms with Crippen molar-refractivity contribution in [1.29, 1.82) is 0 Å². The Labute approximate surface area is 134 Å². The van der Waals surface area contributed by atoms with Crippen LogP contribution in [0.15, 0.2) is 24.3 Å². The van der Waals surface area contributed by atoms with Gasteiger partial charge in [0.25, 0.3) is 0 Å². The van der Waals surface area contributed by atoms with Crippen LogP contribution in [-0.2, 0) is 17.9 Å². The SMILES string of the molecule is CCN(CC)Cc1ccccc1CNC(=O)CC1CCNC1. The lowest BCUT2D eigenvalue weighted by Crippen LogP contribution is -2.27. The van der Waals surface area contributed by atoms with Crippen molar-refractivity contribution in [2.24, 2.45) is 5.92 Å². The van der Waals surface area contributed by atoms with Crippen LogP contribution < -0.4 is 10.6 Å². The van der Waals surface area contributed by atoms with Gasteiger partial charge in [-0.25, -0.2) is 0 Å². The van der Waals surface area contributed by atoms with E-state index in [1.165, 1.54) is 11.1 Å². The zero-order valence-electron chi connectivity index (χ0n) is 13.9. The van der Waals surface area contributed by atoms with E-state index in [2.05, 4.69) is 47.6 Å². The third-order valence-corrected chi connectivity index (χ3v) is 4.52. The fraction of sp³-hybridized carbons (Fsp3) is 0.611. The second kappa shape index (κ2) is 8.91. The van der Waals surface area contributed by atoms with E-state index in [1.54, 1.807) is 0 Å². The number of nitrogens with one attached hydrogen (secondary N) is 2. The topological polar surface area (TPSA) is 44.4 Å². The monoisotopic (exact) mass is 303 g/mol. The summed E-state index contributed by atoms with van der Waals surface area (Å²) < 4.78 is 0. The first-order valence-electron chi connectivity index (χ1n) is 8.49. The minimum atomic E-state index is 0.173. The van der Waals surface area contributed by atoms with E-state index < -0.39 is 0 Å². The maximum atomic E-state index is 12.1. The normalized spacial score (nSPS) is 17.9. The maximum Gasteiger partial charge on any atom is 0.220 e. The van der Waals surface area contributed by atoms with E-state index in [9.17, 15) is 4.79 Å². The predicted molar refractivity (Wildman–Crippen MR) is 90.5 cm³/mol. The number of rotatable bonds is 8. The molecule has 2 N–H and O–H groups in total. The zero-order valence-corrected chi connectivity index (χ0v) is 13.9. The van der Waals surface area contributed by atoms with Crippen molar-refractivity contribution in [3.05, 3.63) is 35.4 Å². The molecule has 122 valence electrons.